The molecule has 0 fully saturated rings. The van der Waals surface area contributed by atoms with Gasteiger partial charge in [-0.05, 0) is 55.5 Å². The Kier molecular flexibility index (Phi) is 6.42. The van der Waals surface area contributed by atoms with Crippen molar-refractivity contribution in [2.24, 2.45) is 0 Å². The fourth-order valence-electron chi connectivity index (χ4n) is 3.65. The second kappa shape index (κ2) is 9.44. The number of aldehydes is 1. The minimum Gasteiger partial charge on any atom is -0.386 e. The summed E-state index contributed by atoms with van der Waals surface area (Å²) in [5.74, 6) is -1.02. The van der Waals surface area contributed by atoms with Crippen molar-refractivity contribution in [3.05, 3.63) is 90.5 Å². The quantitative estimate of drug-likeness (QED) is 0.352. The van der Waals surface area contributed by atoms with Crippen LogP contribution in [0, 0.1) is 12.7 Å². The van der Waals surface area contributed by atoms with Crippen LogP contribution in [-0.2, 0) is 4.79 Å². The van der Waals surface area contributed by atoms with Gasteiger partial charge in [-0.25, -0.2) is 13.8 Å². The molecule has 8 nitrogen and oxygen atoms in total. The maximum absolute atomic E-state index is 14.2. The van der Waals surface area contributed by atoms with Crippen molar-refractivity contribution < 1.29 is 14.0 Å². The third kappa shape index (κ3) is 4.40. The lowest BCUT2D eigenvalue weighted by molar-refractivity contribution is -0.108. The molecule has 2 aromatic carbocycles. The first kappa shape index (κ1) is 23.1. The number of carbonyl (C=O) groups is 2. The molecule has 0 saturated carbocycles. The molecule has 0 bridgehead atoms. The van der Waals surface area contributed by atoms with Crippen molar-refractivity contribution >= 4 is 40.1 Å². The lowest BCUT2D eigenvalue weighted by atomic mass is 10.1. The first-order valence-corrected chi connectivity index (χ1v) is 11.2. The fourth-order valence-corrected chi connectivity index (χ4v) is 4.59. The highest BCUT2D eigenvalue weighted by Gasteiger charge is 2.18. The minimum absolute atomic E-state index is 0.0147. The van der Waals surface area contributed by atoms with E-state index in [4.69, 9.17) is 0 Å². The number of fused-ring (bicyclic) bond motifs is 1. The van der Waals surface area contributed by atoms with Gasteiger partial charge < -0.3 is 20.4 Å². The summed E-state index contributed by atoms with van der Waals surface area (Å²) in [6, 6.07) is 11.6. The molecular weight excluding hydrogens is 459 g/mol. The molecule has 2 aromatic heterocycles. The molecule has 34 heavy (non-hydrogen) atoms. The van der Waals surface area contributed by atoms with Gasteiger partial charge in [0, 0.05) is 28.8 Å². The van der Waals surface area contributed by atoms with E-state index in [0.717, 1.165) is 26.7 Å². The number of thiophene rings is 1. The van der Waals surface area contributed by atoms with Crippen molar-refractivity contribution in [2.75, 3.05) is 12.4 Å². The molecule has 0 aliphatic heterocycles. The van der Waals surface area contributed by atoms with Crippen LogP contribution in [0.15, 0.2) is 58.1 Å². The molecule has 4 aromatic rings. The molecule has 0 aliphatic carbocycles. The number of hydrogen-bond acceptors (Lipinski definition) is 6. The highest BCUT2D eigenvalue weighted by molar-refractivity contribution is 7.12. The summed E-state index contributed by atoms with van der Waals surface area (Å²) in [6.45, 7) is 1.94. The van der Waals surface area contributed by atoms with Crippen LogP contribution in [0.1, 0.15) is 32.6 Å². The van der Waals surface area contributed by atoms with Crippen LogP contribution in [0.4, 0.5) is 10.1 Å². The van der Waals surface area contributed by atoms with Gasteiger partial charge in [0.1, 0.15) is 12.1 Å². The summed E-state index contributed by atoms with van der Waals surface area (Å²) in [5, 5.41) is 5.52. The topological polar surface area (TPSA) is 113 Å². The number of H-pyrrole nitrogens is 1. The van der Waals surface area contributed by atoms with Crippen LogP contribution in [0.25, 0.3) is 16.6 Å². The largest absolute Gasteiger partial charge is 0.386 e. The number of aromatic amines is 1. The molecule has 0 spiro atoms. The smallest absolute Gasteiger partial charge is 0.333 e. The van der Waals surface area contributed by atoms with Gasteiger partial charge in [0.15, 0.2) is 0 Å². The van der Waals surface area contributed by atoms with Crippen molar-refractivity contribution in [1.29, 1.82) is 0 Å². The number of aryl methyl sites for hydroxylation is 1. The number of halogens is 1. The summed E-state index contributed by atoms with van der Waals surface area (Å²) in [6.07, 6.45) is 0.890. The molecule has 1 unspecified atom stereocenters. The number of rotatable bonds is 7. The normalized spacial score (nSPS) is 11.9. The first-order chi connectivity index (χ1) is 16.3. The van der Waals surface area contributed by atoms with Gasteiger partial charge in [0.2, 0.25) is 0 Å². The van der Waals surface area contributed by atoms with E-state index in [-0.39, 0.29) is 28.7 Å². The summed E-state index contributed by atoms with van der Waals surface area (Å²) in [7, 11) is 1.53. The van der Waals surface area contributed by atoms with Gasteiger partial charge >= 0.3 is 5.69 Å². The zero-order valence-corrected chi connectivity index (χ0v) is 19.2. The summed E-state index contributed by atoms with van der Waals surface area (Å²) >= 11 is 1.50. The highest BCUT2D eigenvalue weighted by Crippen LogP contribution is 2.25. The van der Waals surface area contributed by atoms with Crippen LogP contribution in [0.5, 0.6) is 0 Å². The van der Waals surface area contributed by atoms with Crippen LogP contribution < -0.4 is 21.9 Å². The van der Waals surface area contributed by atoms with E-state index in [2.05, 4.69) is 15.6 Å². The maximum Gasteiger partial charge on any atom is 0.333 e. The van der Waals surface area contributed by atoms with Gasteiger partial charge in [0.05, 0.1) is 28.3 Å². The summed E-state index contributed by atoms with van der Waals surface area (Å²) in [4.78, 5) is 53.9. The summed E-state index contributed by atoms with van der Waals surface area (Å²) < 4.78 is 15.1. The molecule has 10 heteroatoms. The van der Waals surface area contributed by atoms with E-state index in [0.29, 0.717) is 5.56 Å². The molecule has 1 atom stereocenters. The van der Waals surface area contributed by atoms with Crippen LogP contribution in [0.3, 0.4) is 0 Å². The van der Waals surface area contributed by atoms with Crippen LogP contribution in [0.2, 0.25) is 0 Å². The maximum atomic E-state index is 14.2. The lowest BCUT2D eigenvalue weighted by Gasteiger charge is -2.15. The SMILES string of the molecule is CNc1cc2[nH]c(=O)n(-c3ccc(C(=O)NC(CC=O)c4ccc(C)s4)cc3)c(=O)c2cc1F. The van der Waals surface area contributed by atoms with E-state index in [1.807, 2.05) is 19.1 Å². The van der Waals surface area contributed by atoms with Gasteiger partial charge in [-0.1, -0.05) is 0 Å². The van der Waals surface area contributed by atoms with E-state index in [1.165, 1.54) is 48.7 Å². The van der Waals surface area contributed by atoms with Crippen molar-refractivity contribution in [1.82, 2.24) is 14.9 Å². The number of hydrogen-bond donors (Lipinski definition) is 3. The molecule has 3 N–H and O–H groups in total. The van der Waals surface area contributed by atoms with Gasteiger partial charge in [-0.15, -0.1) is 11.3 Å². The minimum atomic E-state index is -0.692. The lowest BCUT2D eigenvalue weighted by Crippen LogP contribution is -2.33. The Morgan fingerprint density at radius 2 is 1.91 bits per heavy atom. The predicted octanol–water partition coefficient (Wildman–Crippen LogP) is 3.29. The Morgan fingerprint density at radius 1 is 1.18 bits per heavy atom. The van der Waals surface area contributed by atoms with Crippen LogP contribution in [-0.4, -0.2) is 28.8 Å². The monoisotopic (exact) mass is 480 g/mol. The average Bonchev–Trinajstić information content (AvgIpc) is 3.25. The molecule has 4 rings (SSSR count). The zero-order valence-electron chi connectivity index (χ0n) is 18.3. The number of nitrogens with one attached hydrogen (secondary N) is 3. The van der Waals surface area contributed by atoms with Crippen molar-refractivity contribution in [3.63, 3.8) is 0 Å². The molecule has 174 valence electrons. The Balaban J connectivity index is 1.64. The highest BCUT2D eigenvalue weighted by atomic mass is 32.1. The zero-order chi connectivity index (χ0) is 24.4. The third-order valence-corrected chi connectivity index (χ3v) is 6.50. The standard InChI is InChI=1S/C24H21FN4O4S/c1-13-3-8-21(34-13)18(9-10-30)27-22(31)14-4-6-15(7-5-14)29-23(32)16-11-17(25)20(26-2)12-19(16)28-24(29)33/h3-8,10-12,18,26H,9H2,1-2H3,(H,27,31)(H,28,33). The van der Waals surface area contributed by atoms with Gasteiger partial charge in [-0.3, -0.25) is 9.59 Å². The van der Waals surface area contributed by atoms with Gasteiger partial charge in [-0.2, -0.15) is 0 Å². The van der Waals surface area contributed by atoms with E-state index >= 15 is 0 Å². The first-order valence-electron chi connectivity index (χ1n) is 10.4. The Bertz CT molecular complexity index is 1500. The third-order valence-electron chi connectivity index (χ3n) is 5.38. The van der Waals surface area contributed by atoms with E-state index < -0.39 is 29.0 Å². The molecular formula is C24H21FN4O4S. The molecule has 1 amide bonds. The fraction of sp³-hybridized carbons (Fsp3) is 0.167. The second-order valence-electron chi connectivity index (χ2n) is 7.62. The number of aromatic nitrogens is 2. The molecule has 0 saturated heterocycles. The number of benzene rings is 2. The number of carbonyl (C=O) groups excluding carboxylic acids is 2. The Morgan fingerprint density at radius 3 is 2.53 bits per heavy atom. The molecule has 2 heterocycles. The van der Waals surface area contributed by atoms with Crippen molar-refractivity contribution in [2.45, 2.75) is 19.4 Å². The van der Waals surface area contributed by atoms with Crippen LogP contribution >= 0.6 is 11.3 Å². The Labute approximate surface area is 197 Å². The number of anilines is 1. The average molecular weight is 481 g/mol. The molecule has 0 aliphatic rings. The number of amides is 1. The van der Waals surface area contributed by atoms with E-state index in [1.54, 1.807) is 0 Å². The second-order valence-corrected chi connectivity index (χ2v) is 8.94. The predicted molar refractivity (Wildman–Crippen MR) is 130 cm³/mol. The molecule has 0 radical (unpaired) electrons. The summed E-state index contributed by atoms with van der Waals surface area (Å²) in [5.41, 5.74) is -0.498. The van der Waals surface area contributed by atoms with E-state index in [9.17, 15) is 23.6 Å². The van der Waals surface area contributed by atoms with Crippen molar-refractivity contribution in [3.8, 4) is 5.69 Å². The Hall–Kier alpha value is -4.05. The van der Waals surface area contributed by atoms with Gasteiger partial charge in [0.25, 0.3) is 11.5 Å². The number of nitrogens with zero attached hydrogens (tertiary/aromatic N) is 1.